The number of aromatic nitrogens is 3. The summed E-state index contributed by atoms with van der Waals surface area (Å²) >= 11 is 0. The monoisotopic (exact) mass is 314 g/mol. The van der Waals surface area contributed by atoms with E-state index in [1.54, 1.807) is 40.2 Å². The molecule has 7 nitrogen and oxygen atoms in total. The first-order valence-electron chi connectivity index (χ1n) is 7.51. The van der Waals surface area contributed by atoms with Gasteiger partial charge in [0.05, 0.1) is 18.7 Å². The predicted molar refractivity (Wildman–Crippen MR) is 82.0 cm³/mol. The molecule has 1 saturated heterocycles. The Hall–Kier alpha value is -2.70. The minimum Gasteiger partial charge on any atom is -0.465 e. The molecule has 0 saturated carbocycles. The Morgan fingerprint density at radius 1 is 1.30 bits per heavy atom. The third-order valence-electron chi connectivity index (χ3n) is 4.03. The standard InChI is InChI=1S/C16H18N4O3/c1-23-16(22)13-5-2-4-12(8-13)15(21)19-7-3-6-14(9-19)20-11-17-10-18-20/h2,4-5,8,10-11,14H,3,6-7,9H2,1H3/t14-/m1/s1. The summed E-state index contributed by atoms with van der Waals surface area (Å²) in [6, 6.07) is 6.76. The van der Waals surface area contributed by atoms with Crippen molar-refractivity contribution in [1.82, 2.24) is 19.7 Å². The van der Waals surface area contributed by atoms with Gasteiger partial charge >= 0.3 is 5.97 Å². The quantitative estimate of drug-likeness (QED) is 0.803. The zero-order valence-electron chi connectivity index (χ0n) is 12.9. The van der Waals surface area contributed by atoms with Crippen LogP contribution >= 0.6 is 0 Å². The molecule has 1 aromatic carbocycles. The number of carbonyl (C=O) groups excluding carboxylic acids is 2. The van der Waals surface area contributed by atoms with E-state index in [1.807, 2.05) is 0 Å². The van der Waals surface area contributed by atoms with Gasteiger partial charge in [0.2, 0.25) is 0 Å². The van der Waals surface area contributed by atoms with Crippen LogP contribution in [0.25, 0.3) is 0 Å². The van der Waals surface area contributed by atoms with Crippen LogP contribution in [0.1, 0.15) is 39.6 Å². The first kappa shape index (κ1) is 15.2. The van der Waals surface area contributed by atoms with Gasteiger partial charge in [0.25, 0.3) is 5.91 Å². The van der Waals surface area contributed by atoms with Crippen LogP contribution in [-0.4, -0.2) is 51.7 Å². The average Bonchev–Trinajstić information content (AvgIpc) is 3.15. The van der Waals surface area contributed by atoms with E-state index in [4.69, 9.17) is 4.74 Å². The summed E-state index contributed by atoms with van der Waals surface area (Å²) in [5.41, 5.74) is 0.871. The van der Waals surface area contributed by atoms with Gasteiger partial charge in [-0.1, -0.05) is 6.07 Å². The van der Waals surface area contributed by atoms with Crippen molar-refractivity contribution in [1.29, 1.82) is 0 Å². The normalized spacial score (nSPS) is 17.8. The molecular formula is C16H18N4O3. The second-order valence-corrected chi connectivity index (χ2v) is 5.50. The van der Waals surface area contributed by atoms with Crippen LogP contribution in [0.2, 0.25) is 0 Å². The van der Waals surface area contributed by atoms with Crippen molar-refractivity contribution < 1.29 is 14.3 Å². The first-order valence-corrected chi connectivity index (χ1v) is 7.51. The maximum Gasteiger partial charge on any atom is 0.337 e. The highest BCUT2D eigenvalue weighted by molar-refractivity contribution is 5.98. The molecule has 0 radical (unpaired) electrons. The van der Waals surface area contributed by atoms with E-state index >= 15 is 0 Å². The Morgan fingerprint density at radius 2 is 2.13 bits per heavy atom. The number of likely N-dealkylation sites (tertiary alicyclic amines) is 1. The number of ether oxygens (including phenoxy) is 1. The average molecular weight is 314 g/mol. The van der Waals surface area contributed by atoms with Crippen molar-refractivity contribution in [3.8, 4) is 0 Å². The Labute approximate surface area is 133 Å². The van der Waals surface area contributed by atoms with E-state index in [2.05, 4.69) is 10.1 Å². The fraction of sp³-hybridized carbons (Fsp3) is 0.375. The lowest BCUT2D eigenvalue weighted by atomic mass is 10.0. The molecule has 1 fully saturated rings. The Balaban J connectivity index is 1.76. The second-order valence-electron chi connectivity index (χ2n) is 5.50. The number of esters is 1. The highest BCUT2D eigenvalue weighted by Gasteiger charge is 2.26. The largest absolute Gasteiger partial charge is 0.465 e. The number of piperidine rings is 1. The molecular weight excluding hydrogens is 296 g/mol. The molecule has 0 bridgehead atoms. The number of hydrogen-bond acceptors (Lipinski definition) is 5. The molecule has 2 heterocycles. The molecule has 1 amide bonds. The van der Waals surface area contributed by atoms with E-state index in [1.165, 1.54) is 13.4 Å². The third kappa shape index (κ3) is 3.23. The number of amides is 1. The lowest BCUT2D eigenvalue weighted by Gasteiger charge is -2.32. The number of methoxy groups -OCH3 is 1. The van der Waals surface area contributed by atoms with Crippen molar-refractivity contribution >= 4 is 11.9 Å². The summed E-state index contributed by atoms with van der Waals surface area (Å²) in [5.74, 6) is -0.528. The molecule has 0 unspecified atom stereocenters. The van der Waals surface area contributed by atoms with Gasteiger partial charge in [-0.2, -0.15) is 5.10 Å². The molecule has 7 heteroatoms. The molecule has 0 spiro atoms. The van der Waals surface area contributed by atoms with Crippen molar-refractivity contribution in [3.63, 3.8) is 0 Å². The summed E-state index contributed by atoms with van der Waals surface area (Å²) in [6.07, 6.45) is 5.05. The van der Waals surface area contributed by atoms with E-state index in [0.717, 1.165) is 12.8 Å². The SMILES string of the molecule is COC(=O)c1cccc(C(=O)N2CCC[C@@H](n3cncn3)C2)c1. The Kier molecular flexibility index (Phi) is 4.36. The van der Waals surface area contributed by atoms with Crippen molar-refractivity contribution in [2.24, 2.45) is 0 Å². The van der Waals surface area contributed by atoms with Gasteiger partial charge in [-0.15, -0.1) is 0 Å². The lowest BCUT2D eigenvalue weighted by molar-refractivity contribution is 0.0600. The molecule has 1 atom stereocenters. The summed E-state index contributed by atoms with van der Waals surface area (Å²) in [7, 11) is 1.32. The van der Waals surface area contributed by atoms with Crippen LogP contribution < -0.4 is 0 Å². The highest BCUT2D eigenvalue weighted by atomic mass is 16.5. The molecule has 0 aliphatic carbocycles. The zero-order chi connectivity index (χ0) is 16.2. The molecule has 3 rings (SSSR count). The molecule has 120 valence electrons. The molecule has 1 aliphatic heterocycles. The highest BCUT2D eigenvalue weighted by Crippen LogP contribution is 2.22. The third-order valence-corrected chi connectivity index (χ3v) is 4.03. The topological polar surface area (TPSA) is 77.3 Å². The van der Waals surface area contributed by atoms with E-state index in [-0.39, 0.29) is 11.9 Å². The fourth-order valence-electron chi connectivity index (χ4n) is 2.84. The molecule has 1 aromatic heterocycles. The van der Waals surface area contributed by atoms with Gasteiger partial charge in [-0.3, -0.25) is 4.79 Å². The predicted octanol–water partition coefficient (Wildman–Crippen LogP) is 1.54. The first-order chi connectivity index (χ1) is 11.2. The van der Waals surface area contributed by atoms with Crippen LogP contribution in [0.5, 0.6) is 0 Å². The Morgan fingerprint density at radius 3 is 2.87 bits per heavy atom. The molecule has 0 N–H and O–H groups in total. The smallest absolute Gasteiger partial charge is 0.337 e. The maximum absolute atomic E-state index is 12.7. The number of benzene rings is 1. The number of rotatable bonds is 3. The number of hydrogen-bond donors (Lipinski definition) is 0. The minimum atomic E-state index is -0.446. The zero-order valence-corrected chi connectivity index (χ0v) is 12.9. The maximum atomic E-state index is 12.7. The summed E-state index contributed by atoms with van der Waals surface area (Å²) in [4.78, 5) is 30.1. The van der Waals surface area contributed by atoms with Gasteiger partial charge in [0, 0.05) is 18.7 Å². The van der Waals surface area contributed by atoms with Gasteiger partial charge in [-0.05, 0) is 31.0 Å². The van der Waals surface area contributed by atoms with Gasteiger partial charge < -0.3 is 9.64 Å². The fourth-order valence-corrected chi connectivity index (χ4v) is 2.84. The van der Waals surface area contributed by atoms with E-state index < -0.39 is 5.97 Å². The van der Waals surface area contributed by atoms with E-state index in [0.29, 0.717) is 24.2 Å². The van der Waals surface area contributed by atoms with Crippen LogP contribution in [0.15, 0.2) is 36.9 Å². The molecule has 1 aliphatic rings. The molecule has 2 aromatic rings. The van der Waals surface area contributed by atoms with Crippen LogP contribution in [0.3, 0.4) is 0 Å². The van der Waals surface area contributed by atoms with Crippen molar-refractivity contribution in [2.45, 2.75) is 18.9 Å². The molecule has 23 heavy (non-hydrogen) atoms. The summed E-state index contributed by atoms with van der Waals surface area (Å²) in [6.45, 7) is 1.29. The second kappa shape index (κ2) is 6.60. The van der Waals surface area contributed by atoms with E-state index in [9.17, 15) is 9.59 Å². The van der Waals surface area contributed by atoms with Crippen LogP contribution in [-0.2, 0) is 4.74 Å². The van der Waals surface area contributed by atoms with Crippen molar-refractivity contribution in [2.75, 3.05) is 20.2 Å². The number of nitrogens with zero attached hydrogens (tertiary/aromatic N) is 4. The summed E-state index contributed by atoms with van der Waals surface area (Å²) < 4.78 is 6.50. The van der Waals surface area contributed by atoms with Crippen LogP contribution in [0.4, 0.5) is 0 Å². The van der Waals surface area contributed by atoms with Gasteiger partial charge in [-0.25, -0.2) is 14.5 Å². The minimum absolute atomic E-state index is 0.0828. The van der Waals surface area contributed by atoms with Crippen LogP contribution in [0, 0.1) is 0 Å². The number of carbonyl (C=O) groups is 2. The Bertz CT molecular complexity index is 699. The van der Waals surface area contributed by atoms with Gasteiger partial charge in [0.15, 0.2) is 0 Å². The van der Waals surface area contributed by atoms with Crippen molar-refractivity contribution in [3.05, 3.63) is 48.0 Å². The van der Waals surface area contributed by atoms with Gasteiger partial charge in [0.1, 0.15) is 12.7 Å². The lowest BCUT2D eigenvalue weighted by Crippen LogP contribution is -2.40. The summed E-state index contributed by atoms with van der Waals surface area (Å²) in [5, 5.41) is 4.16.